The third kappa shape index (κ3) is 3.98. The molecule has 3 aromatic rings. The van der Waals surface area contributed by atoms with Gasteiger partial charge in [-0.2, -0.15) is 5.10 Å². The predicted molar refractivity (Wildman–Crippen MR) is 93.2 cm³/mol. The quantitative estimate of drug-likeness (QED) is 0.506. The molecule has 1 amide bonds. The number of para-hydroxylation sites is 1. The summed E-state index contributed by atoms with van der Waals surface area (Å²) in [5.74, 6) is -6.00. The maximum absolute atomic E-state index is 13.8. The van der Waals surface area contributed by atoms with Crippen molar-refractivity contribution in [2.24, 2.45) is 0 Å². The largest absolute Gasteiger partial charge is 0.493 e. The van der Waals surface area contributed by atoms with Gasteiger partial charge in [0, 0.05) is 18.3 Å². The minimum atomic E-state index is -1.50. The highest BCUT2D eigenvalue weighted by Crippen LogP contribution is 2.21. The van der Waals surface area contributed by atoms with Gasteiger partial charge in [0.25, 0.3) is 5.91 Å². The van der Waals surface area contributed by atoms with E-state index < -0.39 is 41.3 Å². The molecule has 5 nitrogen and oxygen atoms in total. The first-order chi connectivity index (χ1) is 13.4. The molecule has 0 saturated heterocycles. The Hall–Kier alpha value is -3.36. The molecule has 1 heterocycles. The number of aromatic nitrogens is 2. The zero-order valence-electron chi connectivity index (χ0n) is 14.7. The summed E-state index contributed by atoms with van der Waals surface area (Å²) in [6, 6.07) is 8.11. The number of carbonyl (C=O) groups excluding carboxylic acids is 1. The van der Waals surface area contributed by atoms with Crippen LogP contribution in [0.25, 0.3) is 0 Å². The molecule has 0 radical (unpaired) electrons. The fourth-order valence-corrected chi connectivity index (χ4v) is 2.56. The smallest absolute Gasteiger partial charge is 0.260 e. The number of nitrogens with zero attached hydrogens (tertiary/aromatic N) is 2. The van der Waals surface area contributed by atoms with E-state index in [-0.39, 0.29) is 17.4 Å². The Balaban J connectivity index is 1.78. The van der Waals surface area contributed by atoms with Gasteiger partial charge < -0.3 is 10.1 Å². The van der Waals surface area contributed by atoms with Crippen molar-refractivity contribution in [1.29, 1.82) is 0 Å². The topological polar surface area (TPSA) is 56.1 Å². The molecule has 0 saturated carbocycles. The first-order valence-electron chi connectivity index (χ1n) is 8.29. The minimum Gasteiger partial charge on any atom is -0.493 e. The number of rotatable bonds is 6. The maximum atomic E-state index is 13.8. The molecule has 0 atom stereocenters. The van der Waals surface area contributed by atoms with Gasteiger partial charge in [0.15, 0.2) is 29.1 Å². The van der Waals surface area contributed by atoms with E-state index in [1.54, 1.807) is 31.2 Å². The molecule has 2 aromatic carbocycles. The summed E-state index contributed by atoms with van der Waals surface area (Å²) >= 11 is 0. The Bertz CT molecular complexity index is 994. The number of hydrogen-bond donors (Lipinski definition) is 1. The summed E-state index contributed by atoms with van der Waals surface area (Å²) in [4.78, 5) is 12.4. The van der Waals surface area contributed by atoms with Crippen LogP contribution in [0.4, 0.5) is 23.4 Å². The number of benzene rings is 2. The summed E-state index contributed by atoms with van der Waals surface area (Å²) in [7, 11) is 0. The van der Waals surface area contributed by atoms with E-state index in [2.05, 4.69) is 10.4 Å². The van der Waals surface area contributed by atoms with Crippen LogP contribution in [0.1, 0.15) is 22.8 Å². The maximum Gasteiger partial charge on any atom is 0.260 e. The minimum absolute atomic E-state index is 0.0917. The van der Waals surface area contributed by atoms with Gasteiger partial charge in [-0.3, -0.25) is 9.48 Å². The van der Waals surface area contributed by atoms with Gasteiger partial charge in [-0.1, -0.05) is 12.1 Å². The average molecular weight is 393 g/mol. The van der Waals surface area contributed by atoms with Crippen molar-refractivity contribution in [2.45, 2.75) is 13.5 Å². The van der Waals surface area contributed by atoms with Crippen molar-refractivity contribution < 1.29 is 27.1 Å². The number of hydrogen-bond acceptors (Lipinski definition) is 3. The number of ether oxygens (including phenoxy) is 1. The monoisotopic (exact) mass is 393 g/mol. The van der Waals surface area contributed by atoms with Crippen LogP contribution in [0.15, 0.2) is 42.6 Å². The lowest BCUT2D eigenvalue weighted by molar-refractivity contribution is 0.102. The van der Waals surface area contributed by atoms with Crippen molar-refractivity contribution in [3.8, 4) is 5.75 Å². The Morgan fingerprint density at radius 3 is 2.46 bits per heavy atom. The van der Waals surface area contributed by atoms with Gasteiger partial charge >= 0.3 is 0 Å². The molecule has 0 fully saturated rings. The van der Waals surface area contributed by atoms with Crippen molar-refractivity contribution in [3.63, 3.8) is 0 Å². The Morgan fingerprint density at radius 1 is 1.11 bits per heavy atom. The molecule has 3 rings (SSSR count). The van der Waals surface area contributed by atoms with Crippen molar-refractivity contribution in [2.75, 3.05) is 11.9 Å². The number of anilines is 1. The lowest BCUT2D eigenvalue weighted by atomic mass is 10.2. The lowest BCUT2D eigenvalue weighted by Crippen LogP contribution is -2.15. The molecule has 28 heavy (non-hydrogen) atoms. The Morgan fingerprint density at radius 2 is 1.79 bits per heavy atom. The van der Waals surface area contributed by atoms with E-state index >= 15 is 0 Å². The molecule has 0 spiro atoms. The van der Waals surface area contributed by atoms with Crippen LogP contribution in [-0.4, -0.2) is 22.3 Å². The molecule has 0 aliphatic heterocycles. The zero-order chi connectivity index (χ0) is 20.3. The second kappa shape index (κ2) is 8.12. The number of amides is 1. The summed E-state index contributed by atoms with van der Waals surface area (Å²) < 4.78 is 60.6. The highest BCUT2D eigenvalue weighted by Gasteiger charge is 2.20. The van der Waals surface area contributed by atoms with Crippen LogP contribution in [-0.2, 0) is 6.54 Å². The second-order valence-electron chi connectivity index (χ2n) is 5.73. The summed E-state index contributed by atoms with van der Waals surface area (Å²) in [5, 5.41) is 6.48. The lowest BCUT2D eigenvalue weighted by Gasteiger charge is -2.09. The highest BCUT2D eigenvalue weighted by molar-refractivity contribution is 6.05. The van der Waals surface area contributed by atoms with Crippen LogP contribution >= 0.6 is 0 Å². The van der Waals surface area contributed by atoms with Crippen molar-refractivity contribution in [1.82, 2.24) is 9.78 Å². The van der Waals surface area contributed by atoms with E-state index in [0.717, 1.165) is 4.68 Å². The van der Waals surface area contributed by atoms with Crippen LogP contribution in [0.3, 0.4) is 0 Å². The number of nitrogens with one attached hydrogen (secondary N) is 1. The number of carbonyl (C=O) groups is 1. The molecule has 9 heteroatoms. The third-order valence-electron chi connectivity index (χ3n) is 3.84. The van der Waals surface area contributed by atoms with E-state index in [9.17, 15) is 22.4 Å². The molecule has 1 N–H and O–H groups in total. The first kappa shape index (κ1) is 19.4. The van der Waals surface area contributed by atoms with Crippen LogP contribution in [0.2, 0.25) is 0 Å². The Labute approximate surface area is 157 Å². The standard InChI is InChI=1S/C19H15F4N3O2/c1-2-28-15-6-4-3-5-11(15)19(27)24-16-7-8-26(25-16)10-12-17(22)13(20)9-14(21)18(12)23/h3-9H,2,10H2,1H3,(H,24,25,27). The zero-order valence-corrected chi connectivity index (χ0v) is 14.7. The summed E-state index contributed by atoms with van der Waals surface area (Å²) in [5.41, 5.74) is -0.525. The first-order valence-corrected chi connectivity index (χ1v) is 8.29. The van der Waals surface area contributed by atoms with E-state index in [1.165, 1.54) is 12.3 Å². The van der Waals surface area contributed by atoms with Gasteiger partial charge in [-0.05, 0) is 19.1 Å². The Kier molecular flexibility index (Phi) is 5.62. The van der Waals surface area contributed by atoms with Crippen LogP contribution in [0.5, 0.6) is 5.75 Å². The average Bonchev–Trinajstić information content (AvgIpc) is 3.11. The van der Waals surface area contributed by atoms with Crippen LogP contribution in [0, 0.1) is 23.3 Å². The molecule has 146 valence electrons. The van der Waals surface area contributed by atoms with Crippen LogP contribution < -0.4 is 10.1 Å². The molecule has 1 aromatic heterocycles. The van der Waals surface area contributed by atoms with E-state index in [1.807, 2.05) is 0 Å². The molecule has 0 unspecified atom stereocenters. The summed E-state index contributed by atoms with van der Waals surface area (Å²) in [6.45, 7) is 1.60. The number of halogens is 4. The highest BCUT2D eigenvalue weighted by atomic mass is 19.2. The SMILES string of the molecule is CCOc1ccccc1C(=O)Nc1ccn(Cc2c(F)c(F)cc(F)c2F)n1. The summed E-state index contributed by atoms with van der Waals surface area (Å²) in [6.07, 6.45) is 1.31. The molecule has 0 aliphatic rings. The fourth-order valence-electron chi connectivity index (χ4n) is 2.56. The van der Waals surface area contributed by atoms with Gasteiger partial charge in [0.1, 0.15) is 5.75 Å². The van der Waals surface area contributed by atoms with E-state index in [4.69, 9.17) is 4.74 Å². The molecular formula is C19H15F4N3O2. The second-order valence-corrected chi connectivity index (χ2v) is 5.73. The molecule has 0 aliphatic carbocycles. The normalized spacial score (nSPS) is 10.8. The van der Waals surface area contributed by atoms with Gasteiger partial charge in [0.05, 0.1) is 24.3 Å². The predicted octanol–water partition coefficient (Wildman–Crippen LogP) is 4.14. The van der Waals surface area contributed by atoms with Crippen molar-refractivity contribution in [3.05, 3.63) is 77.0 Å². The fraction of sp³-hybridized carbons (Fsp3) is 0.158. The van der Waals surface area contributed by atoms with E-state index in [0.29, 0.717) is 12.4 Å². The molecule has 0 bridgehead atoms. The van der Waals surface area contributed by atoms with Gasteiger partial charge in [-0.15, -0.1) is 0 Å². The molecular weight excluding hydrogens is 378 g/mol. The van der Waals surface area contributed by atoms with Crippen molar-refractivity contribution >= 4 is 11.7 Å². The van der Waals surface area contributed by atoms with Gasteiger partial charge in [-0.25, -0.2) is 17.6 Å². The van der Waals surface area contributed by atoms with Gasteiger partial charge in [0.2, 0.25) is 0 Å². The third-order valence-corrected chi connectivity index (χ3v) is 3.84.